The number of anilines is 1. The highest BCUT2D eigenvalue weighted by molar-refractivity contribution is 6.33. The van der Waals surface area contributed by atoms with Gasteiger partial charge in [0.2, 0.25) is 5.82 Å². The Hall–Kier alpha value is -4.43. The van der Waals surface area contributed by atoms with Gasteiger partial charge in [-0.2, -0.15) is 9.78 Å². The van der Waals surface area contributed by atoms with Gasteiger partial charge in [0.25, 0.3) is 5.91 Å². The maximum atomic E-state index is 13.7. The van der Waals surface area contributed by atoms with Crippen LogP contribution in [0.5, 0.6) is 0 Å². The molecule has 4 aromatic heterocycles. The third kappa shape index (κ3) is 5.28. The quantitative estimate of drug-likeness (QED) is 0.323. The number of carbonyl (C=O) groups excluding carboxylic acids is 1. The largest absolute Gasteiger partial charge is 0.507 e. The van der Waals surface area contributed by atoms with E-state index in [9.17, 15) is 9.59 Å². The van der Waals surface area contributed by atoms with Gasteiger partial charge in [-0.15, -0.1) is 5.10 Å². The molecule has 1 unspecified atom stereocenters. The lowest BCUT2D eigenvalue weighted by Crippen LogP contribution is -2.49. The molecule has 0 saturated carbocycles. The number of hydrogen-bond acceptors (Lipinski definition) is 10. The topological polar surface area (TPSA) is 166 Å². The van der Waals surface area contributed by atoms with E-state index in [0.717, 1.165) is 19.4 Å². The maximum Gasteiger partial charge on any atom is 0.507 e. The van der Waals surface area contributed by atoms with Crippen LogP contribution in [0.25, 0.3) is 22.6 Å². The molecule has 0 spiro atoms. The van der Waals surface area contributed by atoms with E-state index < -0.39 is 12.4 Å². The number of nitrogens with one attached hydrogen (secondary N) is 1. The number of halogens is 1. The van der Waals surface area contributed by atoms with Gasteiger partial charge in [0.15, 0.2) is 12.0 Å². The molecule has 1 amide bonds. The van der Waals surface area contributed by atoms with Crippen molar-refractivity contribution in [3.8, 4) is 22.6 Å². The van der Waals surface area contributed by atoms with Crippen LogP contribution < -0.4 is 10.2 Å². The SMILES string of the molecule is CC(OC(=O)O)n1nnnc1-c1c(-c2ccc(C(=O)N(c3ncccc3Cl)[C@@H]3CCCNC3)nc2)cnn1C. The summed E-state index contributed by atoms with van der Waals surface area (Å²) in [6.07, 6.45) is 4.08. The Balaban J connectivity index is 1.47. The van der Waals surface area contributed by atoms with E-state index in [-0.39, 0.29) is 23.5 Å². The lowest BCUT2D eigenvalue weighted by Gasteiger charge is -2.34. The van der Waals surface area contributed by atoms with Crippen LogP contribution in [0.1, 0.15) is 36.5 Å². The third-order valence-corrected chi connectivity index (χ3v) is 6.67. The summed E-state index contributed by atoms with van der Waals surface area (Å²) >= 11 is 6.44. The molecular formula is C24H25ClN10O4. The number of pyridine rings is 2. The molecule has 5 heterocycles. The summed E-state index contributed by atoms with van der Waals surface area (Å²) in [6.45, 7) is 3.02. The Kier molecular flexibility index (Phi) is 7.47. The number of tetrazole rings is 1. The van der Waals surface area contributed by atoms with Crippen LogP contribution in [0.4, 0.5) is 10.6 Å². The normalized spacial score (nSPS) is 16.0. The number of aromatic nitrogens is 8. The first-order valence-electron chi connectivity index (χ1n) is 12.2. The van der Waals surface area contributed by atoms with E-state index >= 15 is 0 Å². The molecule has 1 fully saturated rings. The molecular weight excluding hydrogens is 528 g/mol. The fraction of sp³-hybridized carbons (Fsp3) is 0.333. The number of aryl methyl sites for hydroxylation is 1. The first kappa shape index (κ1) is 26.2. The molecule has 2 atom stereocenters. The van der Waals surface area contributed by atoms with E-state index in [1.807, 2.05) is 0 Å². The van der Waals surface area contributed by atoms with Crippen molar-refractivity contribution in [2.45, 2.75) is 32.0 Å². The van der Waals surface area contributed by atoms with Gasteiger partial charge in [0.05, 0.1) is 17.3 Å². The van der Waals surface area contributed by atoms with Gasteiger partial charge >= 0.3 is 6.16 Å². The Morgan fingerprint density at radius 2 is 2.10 bits per heavy atom. The molecule has 14 nitrogen and oxygen atoms in total. The summed E-state index contributed by atoms with van der Waals surface area (Å²) in [4.78, 5) is 35.2. The van der Waals surface area contributed by atoms with Gasteiger partial charge in [0.1, 0.15) is 11.4 Å². The first-order chi connectivity index (χ1) is 18.8. The number of ether oxygens (including phenoxy) is 1. The Labute approximate surface area is 227 Å². The van der Waals surface area contributed by atoms with E-state index in [1.165, 1.54) is 11.6 Å². The lowest BCUT2D eigenvalue weighted by atomic mass is 10.0. The standard InChI is InChI=1S/C24H25ClN10O4/c1-14(39-24(37)38)35-22(30-31-32-35)20-17(13-29-33(20)2)15-7-8-19(28-11-15)23(36)34(16-5-3-9-26-12-16)21-18(25)6-4-10-27-21/h4,6-8,10-11,13-14,16,26H,3,5,9,12H2,1-2H3,(H,37,38)/t14?,16-/m1/s1. The van der Waals surface area contributed by atoms with Crippen LogP contribution in [0.15, 0.2) is 42.9 Å². The molecule has 0 bridgehead atoms. The molecule has 0 aliphatic carbocycles. The van der Waals surface area contributed by atoms with E-state index in [2.05, 4.69) is 35.9 Å². The number of hydrogen-bond donors (Lipinski definition) is 2. The van der Waals surface area contributed by atoms with Crippen molar-refractivity contribution in [1.29, 1.82) is 0 Å². The second-order valence-electron chi connectivity index (χ2n) is 8.88. The molecule has 4 aromatic rings. The smallest absolute Gasteiger partial charge is 0.450 e. The summed E-state index contributed by atoms with van der Waals surface area (Å²) < 4.78 is 7.62. The zero-order chi connectivity index (χ0) is 27.5. The Morgan fingerprint density at radius 3 is 2.79 bits per heavy atom. The van der Waals surface area contributed by atoms with Gasteiger partial charge in [-0.05, 0) is 54.9 Å². The summed E-state index contributed by atoms with van der Waals surface area (Å²) in [7, 11) is 1.71. The molecule has 0 aromatic carbocycles. The Morgan fingerprint density at radius 1 is 1.26 bits per heavy atom. The second-order valence-corrected chi connectivity index (χ2v) is 9.28. The molecule has 1 aliphatic rings. The van der Waals surface area contributed by atoms with Crippen molar-refractivity contribution in [2.75, 3.05) is 18.0 Å². The number of carboxylic acid groups (broad SMARTS) is 1. The van der Waals surface area contributed by atoms with Crippen LogP contribution in [-0.4, -0.2) is 76.3 Å². The van der Waals surface area contributed by atoms with Crippen molar-refractivity contribution in [2.24, 2.45) is 7.05 Å². The van der Waals surface area contributed by atoms with Crippen molar-refractivity contribution in [1.82, 2.24) is 45.3 Å². The molecule has 5 rings (SSSR count). The summed E-state index contributed by atoms with van der Waals surface area (Å²) in [5, 5.41) is 28.6. The zero-order valence-electron chi connectivity index (χ0n) is 21.1. The minimum atomic E-state index is -1.45. The highest BCUT2D eigenvalue weighted by atomic mass is 35.5. The molecule has 1 aliphatic heterocycles. The first-order valence-corrected chi connectivity index (χ1v) is 12.5. The van der Waals surface area contributed by atoms with E-state index in [0.29, 0.717) is 34.2 Å². The number of piperidine rings is 1. The second kappa shape index (κ2) is 11.1. The fourth-order valence-corrected chi connectivity index (χ4v) is 4.76. The summed E-state index contributed by atoms with van der Waals surface area (Å²) in [6, 6.07) is 6.68. The van der Waals surface area contributed by atoms with E-state index in [4.69, 9.17) is 21.4 Å². The Bertz CT molecular complexity index is 1480. The summed E-state index contributed by atoms with van der Waals surface area (Å²) in [5.74, 6) is 0.327. The minimum absolute atomic E-state index is 0.126. The molecule has 0 radical (unpaired) electrons. The highest BCUT2D eigenvalue weighted by Gasteiger charge is 2.31. The van der Waals surface area contributed by atoms with Gasteiger partial charge < -0.3 is 15.2 Å². The van der Waals surface area contributed by atoms with Crippen molar-refractivity contribution in [3.63, 3.8) is 0 Å². The molecule has 1 saturated heterocycles. The minimum Gasteiger partial charge on any atom is -0.450 e. The molecule has 2 N–H and O–H groups in total. The van der Waals surface area contributed by atoms with Gasteiger partial charge in [-0.25, -0.2) is 9.78 Å². The van der Waals surface area contributed by atoms with Gasteiger partial charge in [-0.3, -0.25) is 19.4 Å². The van der Waals surface area contributed by atoms with Crippen LogP contribution in [0.2, 0.25) is 5.02 Å². The predicted octanol–water partition coefficient (Wildman–Crippen LogP) is 2.80. The number of carbonyl (C=O) groups is 2. The monoisotopic (exact) mass is 552 g/mol. The van der Waals surface area contributed by atoms with Crippen molar-refractivity contribution in [3.05, 3.63) is 53.6 Å². The van der Waals surface area contributed by atoms with Crippen molar-refractivity contribution < 1.29 is 19.4 Å². The lowest BCUT2D eigenvalue weighted by molar-refractivity contribution is 0.0219. The van der Waals surface area contributed by atoms with Crippen LogP contribution in [-0.2, 0) is 11.8 Å². The van der Waals surface area contributed by atoms with Crippen LogP contribution in [0.3, 0.4) is 0 Å². The van der Waals surface area contributed by atoms with Gasteiger partial charge in [0, 0.05) is 37.1 Å². The molecule has 39 heavy (non-hydrogen) atoms. The fourth-order valence-electron chi connectivity index (χ4n) is 4.55. The zero-order valence-corrected chi connectivity index (χ0v) is 21.9. The highest BCUT2D eigenvalue weighted by Crippen LogP contribution is 2.32. The molecule has 15 heteroatoms. The van der Waals surface area contributed by atoms with E-state index in [1.54, 1.807) is 59.5 Å². The van der Waals surface area contributed by atoms with Gasteiger partial charge in [-0.1, -0.05) is 17.7 Å². The predicted molar refractivity (Wildman–Crippen MR) is 139 cm³/mol. The third-order valence-electron chi connectivity index (χ3n) is 6.37. The van der Waals surface area contributed by atoms with Crippen LogP contribution in [0, 0.1) is 0 Å². The average molecular weight is 553 g/mol. The summed E-state index contributed by atoms with van der Waals surface area (Å²) in [5.41, 5.74) is 2.02. The average Bonchev–Trinajstić information content (AvgIpc) is 3.56. The number of rotatable bonds is 7. The molecule has 202 valence electrons. The number of nitrogens with zero attached hydrogens (tertiary/aromatic N) is 9. The number of amides is 1. The van der Waals surface area contributed by atoms with Crippen molar-refractivity contribution >= 4 is 29.5 Å². The maximum absolute atomic E-state index is 13.7. The van der Waals surface area contributed by atoms with Crippen LogP contribution >= 0.6 is 11.6 Å².